The second-order valence-electron chi connectivity index (χ2n) is 8.76. The van der Waals surface area contributed by atoms with Gasteiger partial charge in [0.25, 0.3) is 0 Å². The van der Waals surface area contributed by atoms with Gasteiger partial charge in [-0.15, -0.1) is 11.3 Å². The van der Waals surface area contributed by atoms with Crippen molar-refractivity contribution < 1.29 is 13.2 Å². The number of hydrogen-bond acceptors (Lipinski definition) is 4. The van der Waals surface area contributed by atoms with E-state index in [-0.39, 0.29) is 16.1 Å². The second kappa shape index (κ2) is 7.07. The van der Waals surface area contributed by atoms with Gasteiger partial charge in [0.15, 0.2) is 5.78 Å². The lowest BCUT2D eigenvalue weighted by Crippen LogP contribution is -2.26. The number of aromatic amines is 1. The topological polar surface area (TPSA) is 79.0 Å². The zero-order valence-corrected chi connectivity index (χ0v) is 18.8. The highest BCUT2D eigenvalue weighted by Gasteiger charge is 2.34. The second-order valence-corrected chi connectivity index (χ2v) is 11.5. The summed E-state index contributed by atoms with van der Waals surface area (Å²) in [5.41, 5.74) is 4.11. The Morgan fingerprint density at radius 1 is 1.17 bits per heavy atom. The summed E-state index contributed by atoms with van der Waals surface area (Å²) < 4.78 is 28.6. The standard InChI is InChI=1S/C22H26N2O3S2/c1-13-6-8-28-19(13)5-7-23-29(26,27)20-10-16-15(9-14(20)2)21-17(24-16)11-22(3,4)12-18(21)25/h6,8-10,23-24H,5,7,11-12H2,1-4H3. The molecule has 1 aliphatic rings. The monoisotopic (exact) mass is 430 g/mol. The van der Waals surface area contributed by atoms with Crippen molar-refractivity contribution in [3.05, 3.63) is 50.8 Å². The van der Waals surface area contributed by atoms with E-state index in [4.69, 9.17) is 0 Å². The van der Waals surface area contributed by atoms with Crippen LogP contribution in [-0.2, 0) is 22.9 Å². The molecule has 0 fully saturated rings. The number of hydrogen-bond donors (Lipinski definition) is 2. The van der Waals surface area contributed by atoms with Gasteiger partial charge in [-0.2, -0.15) is 0 Å². The molecule has 154 valence electrons. The van der Waals surface area contributed by atoms with Crippen molar-refractivity contribution in [3.8, 4) is 0 Å². The minimum absolute atomic E-state index is 0.0869. The number of rotatable bonds is 5. The van der Waals surface area contributed by atoms with Crippen molar-refractivity contribution in [2.75, 3.05) is 6.54 Å². The van der Waals surface area contributed by atoms with Crippen LogP contribution in [0.4, 0.5) is 0 Å². The Bertz CT molecular complexity index is 1220. The molecule has 2 aromatic heterocycles. The fraction of sp³-hybridized carbons (Fsp3) is 0.409. The minimum atomic E-state index is -3.64. The van der Waals surface area contributed by atoms with Crippen molar-refractivity contribution in [2.45, 2.75) is 51.9 Å². The molecule has 0 radical (unpaired) electrons. The van der Waals surface area contributed by atoms with E-state index in [0.29, 0.717) is 30.5 Å². The number of benzene rings is 1. The van der Waals surface area contributed by atoms with Gasteiger partial charge < -0.3 is 4.98 Å². The number of thiophene rings is 1. The molecule has 0 spiro atoms. The van der Waals surface area contributed by atoms with Crippen LogP contribution in [0.25, 0.3) is 10.9 Å². The number of ketones is 1. The molecule has 0 bridgehead atoms. The third kappa shape index (κ3) is 3.79. The highest BCUT2D eigenvalue weighted by molar-refractivity contribution is 7.89. The third-order valence-electron chi connectivity index (χ3n) is 5.65. The van der Waals surface area contributed by atoms with E-state index in [1.807, 2.05) is 24.4 Å². The van der Waals surface area contributed by atoms with Crippen LogP contribution in [0, 0.1) is 19.3 Å². The summed E-state index contributed by atoms with van der Waals surface area (Å²) in [4.78, 5) is 17.5. The van der Waals surface area contributed by atoms with Gasteiger partial charge in [0.2, 0.25) is 10.0 Å². The number of H-pyrrole nitrogens is 1. The maximum absolute atomic E-state index is 12.9. The lowest BCUT2D eigenvalue weighted by atomic mass is 9.76. The molecule has 0 amide bonds. The first kappa shape index (κ1) is 20.3. The van der Waals surface area contributed by atoms with Crippen LogP contribution < -0.4 is 4.72 Å². The summed E-state index contributed by atoms with van der Waals surface area (Å²) in [5.74, 6) is 0.127. The van der Waals surface area contributed by atoms with Crippen LogP contribution in [0.5, 0.6) is 0 Å². The highest BCUT2D eigenvalue weighted by Crippen LogP contribution is 2.38. The number of carbonyl (C=O) groups is 1. The molecule has 7 heteroatoms. The Labute approximate surface area is 175 Å². The fourth-order valence-corrected chi connectivity index (χ4v) is 6.42. The van der Waals surface area contributed by atoms with Crippen LogP contribution >= 0.6 is 11.3 Å². The summed E-state index contributed by atoms with van der Waals surface area (Å²) in [6.07, 6.45) is 1.96. The zero-order valence-electron chi connectivity index (χ0n) is 17.2. The summed E-state index contributed by atoms with van der Waals surface area (Å²) in [6, 6.07) is 5.54. The average molecular weight is 431 g/mol. The van der Waals surface area contributed by atoms with Crippen LogP contribution in [0.1, 0.15) is 52.3 Å². The molecular weight excluding hydrogens is 404 g/mol. The van der Waals surface area contributed by atoms with E-state index < -0.39 is 10.0 Å². The molecule has 2 heterocycles. The van der Waals surface area contributed by atoms with Gasteiger partial charge in [-0.05, 0) is 66.8 Å². The quantitative estimate of drug-likeness (QED) is 0.624. The molecule has 0 aliphatic heterocycles. The number of sulfonamides is 1. The number of nitrogens with one attached hydrogen (secondary N) is 2. The first-order valence-electron chi connectivity index (χ1n) is 9.78. The molecule has 0 atom stereocenters. The average Bonchev–Trinajstić information content (AvgIpc) is 3.15. The van der Waals surface area contributed by atoms with Crippen molar-refractivity contribution in [2.24, 2.45) is 5.41 Å². The lowest BCUT2D eigenvalue weighted by Gasteiger charge is -2.28. The van der Waals surface area contributed by atoms with Gasteiger partial charge in [0.1, 0.15) is 0 Å². The Morgan fingerprint density at radius 2 is 1.93 bits per heavy atom. The van der Waals surface area contributed by atoms with Crippen LogP contribution in [0.15, 0.2) is 28.5 Å². The maximum atomic E-state index is 12.9. The molecule has 3 aromatic rings. The van der Waals surface area contributed by atoms with E-state index in [1.165, 1.54) is 10.4 Å². The molecule has 0 saturated heterocycles. The van der Waals surface area contributed by atoms with Crippen LogP contribution in [-0.4, -0.2) is 25.7 Å². The molecule has 5 nitrogen and oxygen atoms in total. The van der Waals surface area contributed by atoms with Crippen LogP contribution in [0.2, 0.25) is 0 Å². The molecular formula is C22H26N2O3S2. The molecule has 1 aliphatic carbocycles. The van der Waals surface area contributed by atoms with E-state index in [1.54, 1.807) is 24.3 Å². The first-order valence-corrected chi connectivity index (χ1v) is 12.1. The van der Waals surface area contributed by atoms with Gasteiger partial charge in [-0.1, -0.05) is 13.8 Å². The zero-order chi connectivity index (χ0) is 21.0. The fourth-order valence-electron chi connectivity index (χ4n) is 4.23. The van der Waals surface area contributed by atoms with E-state index >= 15 is 0 Å². The van der Waals surface area contributed by atoms with Crippen molar-refractivity contribution in [1.82, 2.24) is 9.71 Å². The molecule has 2 N–H and O–H groups in total. The maximum Gasteiger partial charge on any atom is 0.240 e. The normalized spacial score (nSPS) is 16.3. The van der Waals surface area contributed by atoms with Crippen molar-refractivity contribution in [1.29, 1.82) is 0 Å². The summed E-state index contributed by atoms with van der Waals surface area (Å²) in [5, 5.41) is 2.85. The largest absolute Gasteiger partial charge is 0.358 e. The predicted molar refractivity (Wildman–Crippen MR) is 117 cm³/mol. The molecule has 0 saturated carbocycles. The number of aryl methyl sites for hydroxylation is 2. The van der Waals surface area contributed by atoms with Gasteiger partial charge in [0.05, 0.1) is 4.90 Å². The van der Waals surface area contributed by atoms with Crippen molar-refractivity contribution in [3.63, 3.8) is 0 Å². The Balaban J connectivity index is 1.65. The minimum Gasteiger partial charge on any atom is -0.358 e. The summed E-state index contributed by atoms with van der Waals surface area (Å²) in [7, 11) is -3.64. The smallest absolute Gasteiger partial charge is 0.240 e. The summed E-state index contributed by atoms with van der Waals surface area (Å²) in [6.45, 7) is 8.34. The van der Waals surface area contributed by atoms with Gasteiger partial charge in [-0.3, -0.25) is 4.79 Å². The summed E-state index contributed by atoms with van der Waals surface area (Å²) >= 11 is 1.64. The Kier molecular flexibility index (Phi) is 4.96. The number of aromatic nitrogens is 1. The lowest BCUT2D eigenvalue weighted by molar-refractivity contribution is 0.0913. The number of carbonyl (C=O) groups excluding carboxylic acids is 1. The third-order valence-corrected chi connectivity index (χ3v) is 8.33. The van der Waals surface area contributed by atoms with E-state index in [2.05, 4.69) is 23.6 Å². The molecule has 0 unspecified atom stereocenters. The molecule has 29 heavy (non-hydrogen) atoms. The van der Waals surface area contributed by atoms with Gasteiger partial charge >= 0.3 is 0 Å². The van der Waals surface area contributed by atoms with E-state index in [0.717, 1.165) is 23.1 Å². The molecule has 4 rings (SSSR count). The first-order chi connectivity index (χ1) is 13.6. The van der Waals surface area contributed by atoms with E-state index in [9.17, 15) is 13.2 Å². The Hall–Kier alpha value is -1.96. The van der Waals surface area contributed by atoms with Gasteiger partial charge in [0, 0.05) is 40.0 Å². The SMILES string of the molecule is Cc1cc2c3c([nH]c2cc1S(=O)(=O)NCCc1sccc1C)CC(C)(C)CC3=O. The number of fused-ring (bicyclic) bond motifs is 3. The van der Waals surface area contributed by atoms with Crippen LogP contribution in [0.3, 0.4) is 0 Å². The highest BCUT2D eigenvalue weighted by atomic mass is 32.2. The predicted octanol–water partition coefficient (Wildman–Crippen LogP) is 4.52. The van der Waals surface area contributed by atoms with Gasteiger partial charge in [-0.25, -0.2) is 13.1 Å². The molecule has 1 aromatic carbocycles. The number of Topliss-reactive ketones (excluding diaryl/α,β-unsaturated/α-hetero) is 1. The Morgan fingerprint density at radius 3 is 2.62 bits per heavy atom. The van der Waals surface area contributed by atoms with Crippen molar-refractivity contribution >= 4 is 38.0 Å².